The van der Waals surface area contributed by atoms with Crippen molar-refractivity contribution in [2.24, 2.45) is 0 Å². The van der Waals surface area contributed by atoms with Gasteiger partial charge in [0.25, 0.3) is 0 Å². The maximum absolute atomic E-state index is 5.33. The Bertz CT molecular complexity index is 293. The summed E-state index contributed by atoms with van der Waals surface area (Å²) in [5, 5.41) is 0. The number of benzene rings is 1. The summed E-state index contributed by atoms with van der Waals surface area (Å²) < 4.78 is 5.33. The summed E-state index contributed by atoms with van der Waals surface area (Å²) in [5.74, 6) is 0. The van der Waals surface area contributed by atoms with Crippen LogP contribution in [0.25, 0.3) is 0 Å². The van der Waals surface area contributed by atoms with Crippen LogP contribution in [0.3, 0.4) is 0 Å². The van der Waals surface area contributed by atoms with Gasteiger partial charge in [-0.3, -0.25) is 4.90 Å². The Morgan fingerprint density at radius 1 is 1.13 bits per heavy atom. The first-order valence-electron chi connectivity index (χ1n) is 5.70. The molecular formula is C12H18BNO. The fraction of sp³-hybridized carbons (Fsp3) is 0.500. The maximum Gasteiger partial charge on any atom is 0.139 e. The fourth-order valence-electron chi connectivity index (χ4n) is 1.87. The number of hydrogen-bond donors (Lipinski definition) is 0. The molecule has 0 atom stereocenters. The molecule has 0 amide bonds. The highest BCUT2D eigenvalue weighted by atomic mass is 16.5. The van der Waals surface area contributed by atoms with E-state index in [0.717, 1.165) is 39.3 Å². The molecule has 1 fully saturated rings. The van der Waals surface area contributed by atoms with Crippen LogP contribution in [0, 0.1) is 0 Å². The minimum atomic E-state index is 0.897. The van der Waals surface area contributed by atoms with Gasteiger partial charge in [0.1, 0.15) is 7.85 Å². The van der Waals surface area contributed by atoms with Crippen LogP contribution in [-0.4, -0.2) is 45.6 Å². The molecule has 0 N–H and O–H groups in total. The number of rotatable bonds is 3. The van der Waals surface area contributed by atoms with E-state index in [4.69, 9.17) is 4.74 Å². The lowest BCUT2D eigenvalue weighted by atomic mass is 9.95. The second-order valence-electron chi connectivity index (χ2n) is 4.19. The average molecular weight is 203 g/mol. The quantitative estimate of drug-likeness (QED) is 0.632. The van der Waals surface area contributed by atoms with E-state index < -0.39 is 0 Å². The molecule has 0 bridgehead atoms. The van der Waals surface area contributed by atoms with Gasteiger partial charge in [-0.2, -0.15) is 0 Å². The van der Waals surface area contributed by atoms with Crippen molar-refractivity contribution in [1.82, 2.24) is 4.90 Å². The molecule has 0 spiro atoms. The van der Waals surface area contributed by atoms with Crippen molar-refractivity contribution in [2.75, 3.05) is 32.8 Å². The van der Waals surface area contributed by atoms with Gasteiger partial charge >= 0.3 is 0 Å². The van der Waals surface area contributed by atoms with Gasteiger partial charge in [0.15, 0.2) is 0 Å². The van der Waals surface area contributed by atoms with E-state index in [0.29, 0.717) is 0 Å². The van der Waals surface area contributed by atoms with Gasteiger partial charge in [0.2, 0.25) is 0 Å². The molecule has 0 aliphatic carbocycles. The van der Waals surface area contributed by atoms with Gasteiger partial charge in [-0.15, -0.1) is 0 Å². The van der Waals surface area contributed by atoms with E-state index in [1.165, 1.54) is 11.0 Å². The Morgan fingerprint density at radius 3 is 2.47 bits per heavy atom. The molecule has 1 aromatic carbocycles. The van der Waals surface area contributed by atoms with Crippen LogP contribution in [0.1, 0.15) is 5.56 Å². The van der Waals surface area contributed by atoms with Crippen LogP contribution in [0.15, 0.2) is 24.3 Å². The first-order chi connectivity index (χ1) is 7.34. The third-order valence-electron chi connectivity index (χ3n) is 2.94. The number of hydrogen-bond acceptors (Lipinski definition) is 2. The highest BCUT2D eigenvalue weighted by Crippen LogP contribution is 2.02. The average Bonchev–Trinajstić information content (AvgIpc) is 2.30. The normalized spacial score (nSPS) is 17.9. The highest BCUT2D eigenvalue weighted by Gasteiger charge is 2.09. The SMILES string of the molecule is Bc1ccc(CCN2CCOCC2)cc1. The molecule has 2 rings (SSSR count). The molecule has 0 aromatic heterocycles. The standard InChI is InChI=1S/C12H18BNO/c13-12-3-1-11(2-4-12)5-6-14-7-9-15-10-8-14/h1-4H,5-10,13H2. The Hall–Kier alpha value is -0.795. The van der Waals surface area contributed by atoms with Crippen molar-refractivity contribution in [3.05, 3.63) is 29.8 Å². The summed E-state index contributed by atoms with van der Waals surface area (Å²) in [7, 11) is 2.13. The lowest BCUT2D eigenvalue weighted by molar-refractivity contribution is 0.0384. The van der Waals surface area contributed by atoms with Crippen molar-refractivity contribution >= 4 is 13.3 Å². The largest absolute Gasteiger partial charge is 0.379 e. The maximum atomic E-state index is 5.33. The Morgan fingerprint density at radius 2 is 1.80 bits per heavy atom. The Kier molecular flexibility index (Phi) is 3.81. The van der Waals surface area contributed by atoms with E-state index in [-0.39, 0.29) is 0 Å². The summed E-state index contributed by atoms with van der Waals surface area (Å²) in [6.07, 6.45) is 1.15. The smallest absolute Gasteiger partial charge is 0.139 e. The van der Waals surface area contributed by atoms with Crippen molar-refractivity contribution in [3.63, 3.8) is 0 Å². The molecular weight excluding hydrogens is 185 g/mol. The molecule has 1 aromatic rings. The molecule has 1 saturated heterocycles. The molecule has 0 saturated carbocycles. The van der Waals surface area contributed by atoms with Crippen LogP contribution >= 0.6 is 0 Å². The summed E-state index contributed by atoms with van der Waals surface area (Å²) in [4.78, 5) is 2.48. The van der Waals surface area contributed by atoms with Crippen molar-refractivity contribution in [1.29, 1.82) is 0 Å². The summed E-state index contributed by atoms with van der Waals surface area (Å²) in [6, 6.07) is 8.84. The highest BCUT2D eigenvalue weighted by molar-refractivity contribution is 6.32. The van der Waals surface area contributed by atoms with E-state index >= 15 is 0 Å². The van der Waals surface area contributed by atoms with Crippen LogP contribution in [-0.2, 0) is 11.2 Å². The minimum Gasteiger partial charge on any atom is -0.379 e. The number of morpholine rings is 1. The molecule has 0 unspecified atom stereocenters. The van der Waals surface area contributed by atoms with E-state index in [1.54, 1.807) is 0 Å². The Balaban J connectivity index is 1.79. The summed E-state index contributed by atoms with van der Waals surface area (Å²) >= 11 is 0. The summed E-state index contributed by atoms with van der Waals surface area (Å²) in [5.41, 5.74) is 2.78. The molecule has 80 valence electrons. The first kappa shape index (κ1) is 10.7. The van der Waals surface area contributed by atoms with Crippen molar-refractivity contribution in [3.8, 4) is 0 Å². The third kappa shape index (κ3) is 3.36. The van der Waals surface area contributed by atoms with Gasteiger partial charge in [-0.25, -0.2) is 0 Å². The van der Waals surface area contributed by atoms with Gasteiger partial charge in [0, 0.05) is 19.6 Å². The second kappa shape index (κ2) is 5.33. The number of ether oxygens (including phenoxy) is 1. The predicted octanol–water partition coefficient (Wildman–Crippen LogP) is -0.180. The summed E-state index contributed by atoms with van der Waals surface area (Å²) in [6.45, 7) is 5.13. The molecule has 0 radical (unpaired) electrons. The Labute approximate surface area is 92.6 Å². The lowest BCUT2D eigenvalue weighted by Gasteiger charge is -2.26. The van der Waals surface area contributed by atoms with Crippen LogP contribution in [0.4, 0.5) is 0 Å². The van der Waals surface area contributed by atoms with E-state index in [1.807, 2.05) is 0 Å². The minimum absolute atomic E-state index is 0.897. The molecule has 1 aliphatic heterocycles. The molecule has 1 heterocycles. The zero-order valence-electron chi connectivity index (χ0n) is 9.41. The van der Waals surface area contributed by atoms with E-state index in [9.17, 15) is 0 Å². The fourth-order valence-corrected chi connectivity index (χ4v) is 1.87. The first-order valence-corrected chi connectivity index (χ1v) is 5.70. The zero-order valence-corrected chi connectivity index (χ0v) is 9.41. The predicted molar refractivity (Wildman–Crippen MR) is 65.6 cm³/mol. The van der Waals surface area contributed by atoms with Crippen molar-refractivity contribution < 1.29 is 4.74 Å². The molecule has 2 nitrogen and oxygen atoms in total. The molecule has 15 heavy (non-hydrogen) atoms. The second-order valence-corrected chi connectivity index (χ2v) is 4.19. The van der Waals surface area contributed by atoms with Crippen LogP contribution in [0.5, 0.6) is 0 Å². The molecule has 1 aliphatic rings. The number of nitrogens with zero attached hydrogens (tertiary/aromatic N) is 1. The van der Waals surface area contributed by atoms with E-state index in [2.05, 4.69) is 37.0 Å². The van der Waals surface area contributed by atoms with Gasteiger partial charge in [-0.1, -0.05) is 29.7 Å². The van der Waals surface area contributed by atoms with Gasteiger partial charge in [0.05, 0.1) is 13.2 Å². The molecule has 3 heteroatoms. The monoisotopic (exact) mass is 203 g/mol. The van der Waals surface area contributed by atoms with Crippen molar-refractivity contribution in [2.45, 2.75) is 6.42 Å². The topological polar surface area (TPSA) is 12.5 Å². The van der Waals surface area contributed by atoms with Crippen LogP contribution in [0.2, 0.25) is 0 Å². The zero-order chi connectivity index (χ0) is 10.5. The lowest BCUT2D eigenvalue weighted by Crippen LogP contribution is -2.37. The van der Waals surface area contributed by atoms with Crippen LogP contribution < -0.4 is 5.46 Å². The van der Waals surface area contributed by atoms with Gasteiger partial charge < -0.3 is 4.74 Å². The van der Waals surface area contributed by atoms with Gasteiger partial charge in [-0.05, 0) is 12.0 Å². The third-order valence-corrected chi connectivity index (χ3v) is 2.94.